The molecule has 2 aliphatic heterocycles. The van der Waals surface area contributed by atoms with E-state index in [4.69, 9.17) is 4.74 Å². The van der Waals surface area contributed by atoms with Crippen LogP contribution in [0.25, 0.3) is 0 Å². The molecule has 2 rings (SSSR count). The summed E-state index contributed by atoms with van der Waals surface area (Å²) < 4.78 is 30.8. The van der Waals surface area contributed by atoms with Crippen LogP contribution in [-0.4, -0.2) is 92.2 Å². The Kier molecular flexibility index (Phi) is 5.81. The van der Waals surface area contributed by atoms with Gasteiger partial charge in [0.2, 0.25) is 15.9 Å². The lowest BCUT2D eigenvalue weighted by Gasteiger charge is -2.38. The normalized spacial score (nSPS) is 28.8. The van der Waals surface area contributed by atoms with Gasteiger partial charge in [0.05, 0.1) is 24.5 Å². The molecule has 0 aromatic carbocycles. The number of ether oxygens (including phenoxy) is 1. The van der Waals surface area contributed by atoms with Crippen molar-refractivity contribution >= 4 is 15.9 Å². The number of hydrogen-bond donors (Lipinski definition) is 0. The average molecular weight is 333 g/mol. The third-order valence-electron chi connectivity index (χ3n) is 4.22. The van der Waals surface area contributed by atoms with Crippen LogP contribution in [0.15, 0.2) is 0 Å². The molecule has 0 saturated carbocycles. The number of carbonyl (C=O) groups is 1. The standard InChI is InChI=1S/C14H27N3O4S/c1-4-22(19,20)17-7-5-15(6-8-17)11-14(18)16-9-12(2)21-13(3)10-16/h12-13H,4-11H2,1-3H3/t12-,13+. The first-order valence-corrected chi connectivity index (χ1v) is 9.56. The van der Waals surface area contributed by atoms with Crippen LogP contribution < -0.4 is 0 Å². The fraction of sp³-hybridized carbons (Fsp3) is 0.929. The van der Waals surface area contributed by atoms with E-state index in [-0.39, 0.29) is 23.9 Å². The minimum atomic E-state index is -3.11. The lowest BCUT2D eigenvalue weighted by Crippen LogP contribution is -2.54. The molecule has 0 bridgehead atoms. The quantitative estimate of drug-likeness (QED) is 0.699. The molecule has 0 aromatic heterocycles. The second kappa shape index (κ2) is 7.25. The number of sulfonamides is 1. The lowest BCUT2D eigenvalue weighted by atomic mass is 10.2. The first-order valence-electron chi connectivity index (χ1n) is 7.95. The van der Waals surface area contributed by atoms with E-state index in [1.807, 2.05) is 23.6 Å². The van der Waals surface area contributed by atoms with Crippen molar-refractivity contribution in [1.29, 1.82) is 0 Å². The van der Waals surface area contributed by atoms with Crippen molar-refractivity contribution in [2.75, 3.05) is 51.6 Å². The summed E-state index contributed by atoms with van der Waals surface area (Å²) in [7, 11) is -3.11. The highest BCUT2D eigenvalue weighted by atomic mass is 32.2. The Labute approximate surface area is 133 Å². The van der Waals surface area contributed by atoms with Crippen LogP contribution in [0.5, 0.6) is 0 Å². The number of rotatable bonds is 4. The van der Waals surface area contributed by atoms with E-state index in [1.165, 1.54) is 4.31 Å². The zero-order valence-corrected chi connectivity index (χ0v) is 14.5. The summed E-state index contributed by atoms with van der Waals surface area (Å²) in [5.41, 5.74) is 0. The number of hydrogen-bond acceptors (Lipinski definition) is 5. The zero-order chi connectivity index (χ0) is 16.3. The van der Waals surface area contributed by atoms with Crippen LogP contribution in [0, 0.1) is 0 Å². The van der Waals surface area contributed by atoms with Gasteiger partial charge in [0.25, 0.3) is 0 Å². The second-order valence-corrected chi connectivity index (χ2v) is 8.39. The molecule has 0 N–H and O–H groups in total. The summed E-state index contributed by atoms with van der Waals surface area (Å²) in [6, 6.07) is 0. The minimum Gasteiger partial charge on any atom is -0.372 e. The van der Waals surface area contributed by atoms with E-state index in [0.29, 0.717) is 45.8 Å². The maximum absolute atomic E-state index is 12.4. The molecule has 2 fully saturated rings. The van der Waals surface area contributed by atoms with E-state index in [2.05, 4.69) is 0 Å². The van der Waals surface area contributed by atoms with Crippen molar-refractivity contribution in [1.82, 2.24) is 14.1 Å². The average Bonchev–Trinajstić information content (AvgIpc) is 2.46. The highest BCUT2D eigenvalue weighted by molar-refractivity contribution is 7.89. The Balaban J connectivity index is 1.82. The molecule has 1 amide bonds. The van der Waals surface area contributed by atoms with Gasteiger partial charge in [0.1, 0.15) is 0 Å². The van der Waals surface area contributed by atoms with E-state index in [9.17, 15) is 13.2 Å². The molecule has 2 atom stereocenters. The Morgan fingerprint density at radius 2 is 1.64 bits per heavy atom. The van der Waals surface area contributed by atoms with Gasteiger partial charge in [0, 0.05) is 39.3 Å². The van der Waals surface area contributed by atoms with Crippen LogP contribution >= 0.6 is 0 Å². The maximum atomic E-state index is 12.4. The molecule has 2 saturated heterocycles. The molecule has 7 nitrogen and oxygen atoms in total. The van der Waals surface area contributed by atoms with Gasteiger partial charge in [-0.25, -0.2) is 8.42 Å². The Hall–Kier alpha value is -0.700. The monoisotopic (exact) mass is 333 g/mol. The fourth-order valence-corrected chi connectivity index (χ4v) is 4.11. The molecule has 0 spiro atoms. The van der Waals surface area contributed by atoms with Gasteiger partial charge >= 0.3 is 0 Å². The van der Waals surface area contributed by atoms with Crippen LogP contribution in [0.3, 0.4) is 0 Å². The summed E-state index contributed by atoms with van der Waals surface area (Å²) in [5, 5.41) is 0. The third kappa shape index (κ3) is 4.41. The Morgan fingerprint density at radius 1 is 1.09 bits per heavy atom. The van der Waals surface area contributed by atoms with Crippen molar-refractivity contribution in [2.45, 2.75) is 33.0 Å². The van der Waals surface area contributed by atoms with Crippen molar-refractivity contribution in [3.63, 3.8) is 0 Å². The lowest BCUT2D eigenvalue weighted by molar-refractivity contribution is -0.144. The summed E-state index contributed by atoms with van der Waals surface area (Å²) in [5.74, 6) is 0.240. The van der Waals surface area contributed by atoms with Crippen LogP contribution in [0.1, 0.15) is 20.8 Å². The third-order valence-corrected chi connectivity index (χ3v) is 6.10. The number of morpholine rings is 1. The zero-order valence-electron chi connectivity index (χ0n) is 13.7. The van der Waals surface area contributed by atoms with Gasteiger partial charge in [-0.3, -0.25) is 9.69 Å². The van der Waals surface area contributed by atoms with Crippen molar-refractivity contribution in [2.24, 2.45) is 0 Å². The maximum Gasteiger partial charge on any atom is 0.236 e. The molecule has 2 aliphatic rings. The van der Waals surface area contributed by atoms with Gasteiger partial charge < -0.3 is 9.64 Å². The first-order chi connectivity index (χ1) is 10.3. The van der Waals surface area contributed by atoms with Crippen LogP contribution in [0.2, 0.25) is 0 Å². The fourth-order valence-electron chi connectivity index (χ4n) is 3.02. The number of carbonyl (C=O) groups excluding carboxylic acids is 1. The van der Waals surface area contributed by atoms with Crippen LogP contribution in [0.4, 0.5) is 0 Å². The van der Waals surface area contributed by atoms with Gasteiger partial charge in [-0.1, -0.05) is 0 Å². The highest BCUT2D eigenvalue weighted by Crippen LogP contribution is 2.12. The predicted molar refractivity (Wildman–Crippen MR) is 84.1 cm³/mol. The molecular formula is C14H27N3O4S. The Morgan fingerprint density at radius 3 is 2.14 bits per heavy atom. The number of nitrogens with zero attached hydrogens (tertiary/aromatic N) is 3. The molecular weight excluding hydrogens is 306 g/mol. The molecule has 128 valence electrons. The molecule has 0 aromatic rings. The highest BCUT2D eigenvalue weighted by Gasteiger charge is 2.29. The summed E-state index contributed by atoms with van der Waals surface area (Å²) >= 11 is 0. The number of piperazine rings is 1. The van der Waals surface area contributed by atoms with Crippen molar-refractivity contribution < 1.29 is 17.9 Å². The largest absolute Gasteiger partial charge is 0.372 e. The SMILES string of the molecule is CCS(=O)(=O)N1CCN(CC(=O)N2C[C@@H](C)O[C@@H](C)C2)CC1. The molecule has 2 heterocycles. The van der Waals surface area contributed by atoms with Crippen molar-refractivity contribution in [3.8, 4) is 0 Å². The van der Waals surface area contributed by atoms with E-state index >= 15 is 0 Å². The first kappa shape index (κ1) is 17.7. The summed E-state index contributed by atoms with van der Waals surface area (Å²) in [6.45, 7) is 9.40. The molecule has 0 radical (unpaired) electrons. The van der Waals surface area contributed by atoms with E-state index in [0.717, 1.165) is 0 Å². The molecule has 22 heavy (non-hydrogen) atoms. The molecule has 8 heteroatoms. The van der Waals surface area contributed by atoms with Crippen LogP contribution in [-0.2, 0) is 19.6 Å². The summed E-state index contributed by atoms with van der Waals surface area (Å²) in [4.78, 5) is 16.3. The predicted octanol–water partition coefficient (Wildman–Crippen LogP) is -0.410. The molecule has 0 aliphatic carbocycles. The second-order valence-electron chi connectivity index (χ2n) is 6.13. The topological polar surface area (TPSA) is 70.2 Å². The van der Waals surface area contributed by atoms with Gasteiger partial charge in [-0.05, 0) is 20.8 Å². The summed E-state index contributed by atoms with van der Waals surface area (Å²) in [6.07, 6.45) is 0.137. The van der Waals surface area contributed by atoms with Gasteiger partial charge in [-0.15, -0.1) is 0 Å². The van der Waals surface area contributed by atoms with E-state index in [1.54, 1.807) is 6.92 Å². The minimum absolute atomic E-state index is 0.0687. The van der Waals surface area contributed by atoms with Crippen molar-refractivity contribution in [3.05, 3.63) is 0 Å². The molecule has 0 unspecified atom stereocenters. The number of amides is 1. The van der Waals surface area contributed by atoms with E-state index < -0.39 is 10.0 Å². The van der Waals surface area contributed by atoms with Gasteiger partial charge in [-0.2, -0.15) is 4.31 Å². The Bertz CT molecular complexity index is 478. The smallest absolute Gasteiger partial charge is 0.236 e. The van der Waals surface area contributed by atoms with Gasteiger partial charge in [0.15, 0.2) is 0 Å².